The molecule has 2 unspecified atom stereocenters. The molecule has 15 heavy (non-hydrogen) atoms. The lowest BCUT2D eigenvalue weighted by atomic mass is 9.84. The number of aldehydes is 1. The maximum atomic E-state index is 10.8. The molecule has 2 atom stereocenters. The van der Waals surface area contributed by atoms with E-state index < -0.39 is 0 Å². The van der Waals surface area contributed by atoms with Gasteiger partial charge < -0.3 is 9.53 Å². The predicted octanol–water partition coefficient (Wildman–Crippen LogP) is 3.34. The molecule has 0 aromatic heterocycles. The van der Waals surface area contributed by atoms with Gasteiger partial charge in [-0.25, -0.2) is 0 Å². The molecule has 0 N–H and O–H groups in total. The van der Waals surface area contributed by atoms with E-state index in [-0.39, 0.29) is 11.5 Å². The van der Waals surface area contributed by atoms with Crippen LogP contribution in [0.5, 0.6) is 0 Å². The lowest BCUT2D eigenvalue weighted by Crippen LogP contribution is -2.37. The van der Waals surface area contributed by atoms with Crippen LogP contribution in [-0.2, 0) is 9.53 Å². The smallest absolute Gasteiger partial charge is 0.123 e. The van der Waals surface area contributed by atoms with Crippen molar-refractivity contribution in [2.75, 3.05) is 6.61 Å². The fraction of sp³-hybridized carbons (Fsp3) is 0.923. The molecule has 1 fully saturated rings. The summed E-state index contributed by atoms with van der Waals surface area (Å²) in [5.74, 6) is 0.231. The Morgan fingerprint density at radius 1 is 1.40 bits per heavy atom. The van der Waals surface area contributed by atoms with Crippen molar-refractivity contribution in [3.8, 4) is 0 Å². The minimum Gasteiger partial charge on any atom is -0.375 e. The predicted molar refractivity (Wildman–Crippen MR) is 61.9 cm³/mol. The third-order valence-corrected chi connectivity index (χ3v) is 3.38. The number of carbonyl (C=O) groups excluding carboxylic acids is 1. The van der Waals surface area contributed by atoms with Crippen LogP contribution in [0.4, 0.5) is 0 Å². The molecular weight excluding hydrogens is 188 g/mol. The molecule has 0 radical (unpaired) electrons. The molecule has 1 saturated heterocycles. The quantitative estimate of drug-likeness (QED) is 0.498. The van der Waals surface area contributed by atoms with Crippen LogP contribution in [0.3, 0.4) is 0 Å². The molecule has 88 valence electrons. The molecule has 1 aliphatic heterocycles. The summed E-state index contributed by atoms with van der Waals surface area (Å²) >= 11 is 0. The number of rotatable bonds is 6. The van der Waals surface area contributed by atoms with Gasteiger partial charge in [0.05, 0.1) is 5.60 Å². The van der Waals surface area contributed by atoms with Gasteiger partial charge in [0.1, 0.15) is 6.29 Å². The topological polar surface area (TPSA) is 26.3 Å². The van der Waals surface area contributed by atoms with Gasteiger partial charge in [0.2, 0.25) is 0 Å². The van der Waals surface area contributed by atoms with Gasteiger partial charge in [0.25, 0.3) is 0 Å². The van der Waals surface area contributed by atoms with E-state index >= 15 is 0 Å². The van der Waals surface area contributed by atoms with Crippen molar-refractivity contribution in [3.63, 3.8) is 0 Å². The van der Waals surface area contributed by atoms with Crippen LogP contribution in [0.15, 0.2) is 0 Å². The minimum absolute atomic E-state index is 0.0302. The van der Waals surface area contributed by atoms with Crippen LogP contribution in [0, 0.1) is 5.92 Å². The van der Waals surface area contributed by atoms with E-state index in [1.165, 1.54) is 25.7 Å². The zero-order valence-electron chi connectivity index (χ0n) is 10.1. The third kappa shape index (κ3) is 4.33. The Morgan fingerprint density at radius 2 is 2.20 bits per heavy atom. The monoisotopic (exact) mass is 212 g/mol. The van der Waals surface area contributed by atoms with Gasteiger partial charge in [0.15, 0.2) is 0 Å². The average molecular weight is 212 g/mol. The Labute approximate surface area is 93.4 Å². The van der Waals surface area contributed by atoms with Gasteiger partial charge in [-0.15, -0.1) is 0 Å². The van der Waals surface area contributed by atoms with Crippen LogP contribution in [-0.4, -0.2) is 18.5 Å². The number of ether oxygens (including phenoxy) is 1. The fourth-order valence-corrected chi connectivity index (χ4v) is 2.39. The summed E-state index contributed by atoms with van der Waals surface area (Å²) in [5.41, 5.74) is -0.0302. The zero-order valence-corrected chi connectivity index (χ0v) is 10.1. The van der Waals surface area contributed by atoms with Gasteiger partial charge in [-0.05, 0) is 26.2 Å². The molecule has 0 aliphatic carbocycles. The highest BCUT2D eigenvalue weighted by Crippen LogP contribution is 2.32. The summed E-state index contributed by atoms with van der Waals surface area (Å²) in [4.78, 5) is 10.8. The van der Waals surface area contributed by atoms with Crippen molar-refractivity contribution in [2.45, 2.75) is 64.4 Å². The first-order chi connectivity index (χ1) is 7.20. The lowest BCUT2D eigenvalue weighted by Gasteiger charge is -2.36. The average Bonchev–Trinajstić information content (AvgIpc) is 2.24. The summed E-state index contributed by atoms with van der Waals surface area (Å²) in [5, 5.41) is 0. The van der Waals surface area contributed by atoms with Gasteiger partial charge in [-0.2, -0.15) is 0 Å². The van der Waals surface area contributed by atoms with Crippen LogP contribution >= 0.6 is 0 Å². The van der Waals surface area contributed by atoms with E-state index in [4.69, 9.17) is 4.74 Å². The largest absolute Gasteiger partial charge is 0.375 e. The van der Waals surface area contributed by atoms with Gasteiger partial charge >= 0.3 is 0 Å². The molecule has 0 aromatic carbocycles. The first kappa shape index (κ1) is 12.7. The molecule has 0 bridgehead atoms. The van der Waals surface area contributed by atoms with Crippen molar-refractivity contribution >= 4 is 6.29 Å². The van der Waals surface area contributed by atoms with Gasteiger partial charge in [-0.3, -0.25) is 0 Å². The van der Waals surface area contributed by atoms with Crippen LogP contribution in [0.2, 0.25) is 0 Å². The molecule has 0 spiro atoms. The second-order valence-electron chi connectivity index (χ2n) is 5.00. The van der Waals surface area contributed by atoms with Crippen molar-refractivity contribution in [3.05, 3.63) is 0 Å². The Morgan fingerprint density at radius 3 is 2.87 bits per heavy atom. The first-order valence-corrected chi connectivity index (χ1v) is 6.29. The summed E-state index contributed by atoms with van der Waals surface area (Å²) in [6, 6.07) is 0. The van der Waals surface area contributed by atoms with Crippen LogP contribution in [0.1, 0.15) is 58.8 Å². The number of unbranched alkanes of at least 4 members (excludes halogenated alkanes) is 3. The molecular formula is C13H24O2. The number of hydrogen-bond acceptors (Lipinski definition) is 2. The maximum Gasteiger partial charge on any atom is 0.123 e. The molecule has 0 amide bonds. The van der Waals surface area contributed by atoms with E-state index in [0.717, 1.165) is 32.2 Å². The van der Waals surface area contributed by atoms with Crippen LogP contribution < -0.4 is 0 Å². The standard InChI is InChI=1S/C13H24O2/c1-3-4-5-6-8-13(2)10-12(11-14)7-9-15-13/h11-12H,3-10H2,1-2H3. The molecule has 2 heteroatoms. The van der Waals surface area contributed by atoms with E-state index in [1.807, 2.05) is 0 Å². The molecule has 1 heterocycles. The van der Waals surface area contributed by atoms with Crippen molar-refractivity contribution < 1.29 is 9.53 Å². The van der Waals surface area contributed by atoms with E-state index in [0.29, 0.717) is 0 Å². The van der Waals surface area contributed by atoms with Crippen molar-refractivity contribution in [2.24, 2.45) is 5.92 Å². The highest BCUT2D eigenvalue weighted by Gasteiger charge is 2.32. The highest BCUT2D eigenvalue weighted by atomic mass is 16.5. The van der Waals surface area contributed by atoms with Crippen LogP contribution in [0.25, 0.3) is 0 Å². The van der Waals surface area contributed by atoms with Gasteiger partial charge in [0, 0.05) is 12.5 Å². The van der Waals surface area contributed by atoms with Crippen molar-refractivity contribution in [1.82, 2.24) is 0 Å². The lowest BCUT2D eigenvalue weighted by molar-refractivity contribution is -0.124. The highest BCUT2D eigenvalue weighted by molar-refractivity contribution is 5.53. The Hall–Kier alpha value is -0.370. The Bertz CT molecular complexity index is 191. The van der Waals surface area contributed by atoms with E-state index in [9.17, 15) is 4.79 Å². The molecule has 2 nitrogen and oxygen atoms in total. The molecule has 1 aliphatic rings. The normalized spacial score (nSPS) is 31.5. The first-order valence-electron chi connectivity index (χ1n) is 6.29. The third-order valence-electron chi connectivity index (χ3n) is 3.38. The summed E-state index contributed by atoms with van der Waals surface area (Å²) < 4.78 is 5.82. The Kier molecular flexibility index (Phi) is 5.30. The molecule has 0 aromatic rings. The second-order valence-corrected chi connectivity index (χ2v) is 5.00. The van der Waals surface area contributed by atoms with E-state index in [1.54, 1.807) is 0 Å². The summed E-state index contributed by atoms with van der Waals surface area (Å²) in [6.07, 6.45) is 9.15. The van der Waals surface area contributed by atoms with E-state index in [2.05, 4.69) is 13.8 Å². The second kappa shape index (κ2) is 6.26. The van der Waals surface area contributed by atoms with Crippen molar-refractivity contribution in [1.29, 1.82) is 0 Å². The fourth-order valence-electron chi connectivity index (χ4n) is 2.39. The number of hydrogen-bond donors (Lipinski definition) is 0. The SMILES string of the molecule is CCCCCCC1(C)CC(C=O)CCO1. The molecule has 1 rings (SSSR count). The maximum absolute atomic E-state index is 10.8. The number of carbonyl (C=O) groups is 1. The zero-order chi connectivity index (χ0) is 11.1. The van der Waals surface area contributed by atoms with Gasteiger partial charge in [-0.1, -0.05) is 32.6 Å². The summed E-state index contributed by atoms with van der Waals surface area (Å²) in [7, 11) is 0. The minimum atomic E-state index is -0.0302. The Balaban J connectivity index is 2.27. The summed E-state index contributed by atoms with van der Waals surface area (Å²) in [6.45, 7) is 5.14. The molecule has 0 saturated carbocycles.